The summed E-state index contributed by atoms with van der Waals surface area (Å²) in [6, 6.07) is 0. The zero-order valence-electron chi connectivity index (χ0n) is 24.2. The summed E-state index contributed by atoms with van der Waals surface area (Å²) >= 11 is 0. The second-order valence-corrected chi connectivity index (χ2v) is 11.5. The van der Waals surface area contributed by atoms with Crippen molar-refractivity contribution >= 4 is 17.8 Å². The smallest absolute Gasteiger partial charge is 0.311 e. The molecule has 0 saturated heterocycles. The highest BCUT2D eigenvalue weighted by Crippen LogP contribution is 2.42. The van der Waals surface area contributed by atoms with Gasteiger partial charge in [-0.1, -0.05) is 42.7 Å². The van der Waals surface area contributed by atoms with Crippen LogP contribution in [0, 0.1) is 11.3 Å². The van der Waals surface area contributed by atoms with Crippen molar-refractivity contribution < 1.29 is 30.0 Å². The molecule has 0 radical (unpaired) electrons. The van der Waals surface area contributed by atoms with Crippen molar-refractivity contribution in [2.24, 2.45) is 11.3 Å². The molecular formula is C31H49NO6. The molecule has 38 heavy (non-hydrogen) atoms. The van der Waals surface area contributed by atoms with Crippen molar-refractivity contribution in [2.45, 2.75) is 98.0 Å². The highest BCUT2D eigenvalue weighted by molar-refractivity contribution is 5.88. The van der Waals surface area contributed by atoms with Crippen molar-refractivity contribution in [2.75, 3.05) is 20.3 Å². The molecule has 2 aliphatic carbocycles. The van der Waals surface area contributed by atoms with E-state index < -0.39 is 16.9 Å². The van der Waals surface area contributed by atoms with Crippen LogP contribution in [-0.2, 0) is 28.6 Å². The third-order valence-corrected chi connectivity index (χ3v) is 7.04. The predicted octanol–water partition coefficient (Wildman–Crippen LogP) is 6.35. The van der Waals surface area contributed by atoms with E-state index in [1.165, 1.54) is 0 Å². The Kier molecular flexibility index (Phi) is 12.3. The molecule has 0 heterocycles. The zero-order valence-corrected chi connectivity index (χ0v) is 24.2. The number of hydrogen-bond donors (Lipinski definition) is 1. The number of methoxy groups -OCH3 is 1. The van der Waals surface area contributed by atoms with Crippen molar-refractivity contribution in [1.82, 2.24) is 5.32 Å². The van der Waals surface area contributed by atoms with E-state index in [4.69, 9.17) is 14.2 Å². The Labute approximate surface area is 230 Å². The second kappa shape index (κ2) is 14.9. The van der Waals surface area contributed by atoms with Gasteiger partial charge in [-0.15, -0.1) is 0 Å². The summed E-state index contributed by atoms with van der Waals surface area (Å²) in [7, 11) is 1.65. The first kappa shape index (κ1) is 31.4. The number of amides is 1. The molecule has 7 heteroatoms. The average Bonchev–Trinajstić information content (AvgIpc) is 3.34. The molecule has 214 valence electrons. The van der Waals surface area contributed by atoms with Crippen LogP contribution in [-0.4, -0.2) is 43.7 Å². The Bertz CT molecular complexity index is 951. The van der Waals surface area contributed by atoms with E-state index in [2.05, 4.69) is 5.32 Å². The molecular weight excluding hydrogens is 482 g/mol. The van der Waals surface area contributed by atoms with Gasteiger partial charge in [0.2, 0.25) is 5.91 Å². The summed E-state index contributed by atoms with van der Waals surface area (Å²) in [6.07, 6.45) is 15.9. The standard InChI is InChI=1S/C31H47NO6.H2/c1-7-8-9-12-23(2)22-37-27(33)20-31(17-10-11-18-31)29(35)32-21-25(28(34)38-30(3,4)5)19-24-13-15-26(36-6)16-14-24;/h7-8,12-13,15,25H,9-11,14,16-22H2,1-6H3,(H,32,35);1H/b8-7-,23-12-;. The number of carbonyl (C=O) groups is 3. The van der Waals surface area contributed by atoms with Crippen LogP contribution in [0.4, 0.5) is 0 Å². The monoisotopic (exact) mass is 531 g/mol. The molecule has 1 unspecified atom stereocenters. The third-order valence-electron chi connectivity index (χ3n) is 7.04. The summed E-state index contributed by atoms with van der Waals surface area (Å²) in [4.78, 5) is 39.3. The molecule has 0 aliphatic heterocycles. The van der Waals surface area contributed by atoms with Crippen LogP contribution in [0.15, 0.2) is 47.3 Å². The zero-order chi connectivity index (χ0) is 28.2. The first-order chi connectivity index (χ1) is 18.0. The number of ether oxygens (including phenoxy) is 3. The van der Waals surface area contributed by atoms with Crippen molar-refractivity contribution in [3.8, 4) is 0 Å². The van der Waals surface area contributed by atoms with Crippen LogP contribution in [0.25, 0.3) is 0 Å². The predicted molar refractivity (Wildman–Crippen MR) is 151 cm³/mol. The van der Waals surface area contributed by atoms with E-state index in [1.54, 1.807) is 7.11 Å². The fourth-order valence-electron chi connectivity index (χ4n) is 4.87. The number of nitrogens with one attached hydrogen (secondary N) is 1. The van der Waals surface area contributed by atoms with Crippen LogP contribution < -0.4 is 5.32 Å². The molecule has 1 fully saturated rings. The van der Waals surface area contributed by atoms with Crippen molar-refractivity contribution in [3.63, 3.8) is 0 Å². The maximum atomic E-state index is 13.5. The molecule has 0 aromatic rings. The van der Waals surface area contributed by atoms with E-state index in [0.29, 0.717) is 19.3 Å². The van der Waals surface area contributed by atoms with Crippen LogP contribution in [0.3, 0.4) is 0 Å². The normalized spacial score (nSPS) is 18.4. The Morgan fingerprint density at radius 2 is 1.87 bits per heavy atom. The van der Waals surface area contributed by atoms with Gasteiger partial charge in [-0.3, -0.25) is 14.4 Å². The SMILES string of the molecule is C/C=C\C/C=C(/C)COC(=O)CC1(C(=O)NCC(CC2=CC=C(OC)CC2)C(=O)OC(C)(C)C)CCCC1.[HH]. The molecule has 1 N–H and O–H groups in total. The first-order valence-electron chi connectivity index (χ1n) is 13.8. The van der Waals surface area contributed by atoms with Gasteiger partial charge in [0, 0.05) is 14.4 Å². The van der Waals surface area contributed by atoms with Crippen LogP contribution in [0.1, 0.15) is 93.8 Å². The highest BCUT2D eigenvalue weighted by atomic mass is 16.6. The number of carbonyl (C=O) groups excluding carboxylic acids is 3. The molecule has 0 aromatic carbocycles. The fourth-order valence-corrected chi connectivity index (χ4v) is 4.87. The van der Waals surface area contributed by atoms with E-state index in [9.17, 15) is 14.4 Å². The molecule has 0 spiro atoms. The lowest BCUT2D eigenvalue weighted by Gasteiger charge is -2.29. The number of allylic oxidation sites excluding steroid dienone is 7. The van der Waals surface area contributed by atoms with Crippen LogP contribution >= 0.6 is 0 Å². The minimum atomic E-state index is -0.793. The minimum Gasteiger partial charge on any atom is -0.501 e. The van der Waals surface area contributed by atoms with Gasteiger partial charge in [-0.25, -0.2) is 0 Å². The lowest BCUT2D eigenvalue weighted by atomic mass is 9.81. The summed E-state index contributed by atoms with van der Waals surface area (Å²) < 4.78 is 16.5. The molecule has 0 aromatic heterocycles. The highest BCUT2D eigenvalue weighted by Gasteiger charge is 2.43. The van der Waals surface area contributed by atoms with Crippen molar-refractivity contribution in [1.29, 1.82) is 0 Å². The molecule has 0 bridgehead atoms. The maximum absolute atomic E-state index is 13.5. The quantitative estimate of drug-likeness (QED) is 0.220. The van der Waals surface area contributed by atoms with Gasteiger partial charge in [0.1, 0.15) is 12.2 Å². The van der Waals surface area contributed by atoms with Gasteiger partial charge in [0.25, 0.3) is 0 Å². The van der Waals surface area contributed by atoms with E-state index in [0.717, 1.165) is 49.0 Å². The van der Waals surface area contributed by atoms with Gasteiger partial charge in [-0.05, 0) is 78.4 Å². The topological polar surface area (TPSA) is 90.9 Å². The summed E-state index contributed by atoms with van der Waals surface area (Å²) in [5.41, 5.74) is 0.677. The minimum absolute atomic E-state index is 0. The molecule has 7 nitrogen and oxygen atoms in total. The largest absolute Gasteiger partial charge is 0.501 e. The van der Waals surface area contributed by atoms with Crippen LogP contribution in [0.2, 0.25) is 0 Å². The van der Waals surface area contributed by atoms with Gasteiger partial charge >= 0.3 is 11.9 Å². The molecule has 1 saturated carbocycles. The lowest BCUT2D eigenvalue weighted by molar-refractivity contribution is -0.160. The summed E-state index contributed by atoms with van der Waals surface area (Å²) in [6.45, 7) is 9.80. The Hall–Kier alpha value is -2.83. The van der Waals surface area contributed by atoms with E-state index in [1.807, 2.05) is 65.0 Å². The molecule has 2 rings (SSSR count). The first-order valence-corrected chi connectivity index (χ1v) is 13.8. The maximum Gasteiger partial charge on any atom is 0.311 e. The number of esters is 2. The molecule has 1 atom stereocenters. The Morgan fingerprint density at radius 1 is 1.16 bits per heavy atom. The second-order valence-electron chi connectivity index (χ2n) is 11.5. The van der Waals surface area contributed by atoms with Gasteiger partial charge in [0.05, 0.1) is 30.6 Å². The Morgan fingerprint density at radius 3 is 2.45 bits per heavy atom. The lowest BCUT2D eigenvalue weighted by Crippen LogP contribution is -2.44. The Balaban J connectivity index is 0.00000760. The average molecular weight is 532 g/mol. The number of rotatable bonds is 13. The van der Waals surface area contributed by atoms with Gasteiger partial charge < -0.3 is 19.5 Å². The molecule has 2 aliphatic rings. The summed E-state index contributed by atoms with van der Waals surface area (Å²) in [5, 5.41) is 3.01. The molecule has 1 amide bonds. The van der Waals surface area contributed by atoms with E-state index >= 15 is 0 Å². The van der Waals surface area contributed by atoms with E-state index in [-0.39, 0.29) is 38.8 Å². The van der Waals surface area contributed by atoms with Gasteiger partial charge in [-0.2, -0.15) is 0 Å². The fraction of sp³-hybridized carbons (Fsp3) is 0.645. The van der Waals surface area contributed by atoms with Gasteiger partial charge in [0.15, 0.2) is 0 Å². The number of hydrogen-bond acceptors (Lipinski definition) is 6. The third kappa shape index (κ3) is 10.5. The van der Waals surface area contributed by atoms with Crippen LogP contribution in [0.5, 0.6) is 0 Å². The van der Waals surface area contributed by atoms with Crippen molar-refractivity contribution in [3.05, 3.63) is 47.3 Å². The summed E-state index contributed by atoms with van der Waals surface area (Å²) in [5.74, 6) is -0.482.